The molecule has 278 valence electrons. The molecular weight excluding hydrogens is 632 g/mol. The number of hydrogen-bond acceptors (Lipinski definition) is 12. The monoisotopic (exact) mass is 692 g/mol. The number of pyridine rings is 1. The van der Waals surface area contributed by atoms with Crippen LogP contribution in [0.25, 0.3) is 0 Å². The fraction of sp³-hybridized carbons (Fsp3) is 0.806. The number of nitrogens with zero attached hydrogens (tertiary/aromatic N) is 2. The Kier molecular flexibility index (Phi) is 12.8. The van der Waals surface area contributed by atoms with Gasteiger partial charge < -0.3 is 49.8 Å². The van der Waals surface area contributed by atoms with Crippen molar-refractivity contribution in [3.8, 4) is 0 Å². The SMILES string of the molecule is CC[C@H]1OC(=O)[C@H](C)[C@@H](OC(=O)NCc2ccccn2)[C@H](C)[C@@H](OC2O[C@H](C)C[C@H](N(C)C)[C@H]2O)[C@](C)(O)C[C@@H](C)[C@@H]2OC1(C)[C@@H](N)[C@H]2C. The minimum absolute atomic E-state index is 0.103. The lowest BCUT2D eigenvalue weighted by molar-refractivity contribution is -0.299. The van der Waals surface area contributed by atoms with Crippen LogP contribution in [0.5, 0.6) is 0 Å². The number of rotatable bonds is 7. The Bertz CT molecular complexity index is 1250. The minimum Gasteiger partial charge on any atom is -0.459 e. The Hall–Kier alpha value is -2.39. The molecule has 4 rings (SSSR count). The molecular formula is C36H60N4O9. The number of nitrogens with two attached hydrogens (primary N) is 1. The summed E-state index contributed by atoms with van der Waals surface area (Å²) in [6.07, 6.45) is -3.51. The average molecular weight is 693 g/mol. The smallest absolute Gasteiger partial charge is 0.407 e. The molecule has 0 spiro atoms. The predicted octanol–water partition coefficient (Wildman–Crippen LogP) is 2.99. The third-order valence-electron chi connectivity index (χ3n) is 11.1. The van der Waals surface area contributed by atoms with Gasteiger partial charge in [-0.25, -0.2) is 4.79 Å². The number of aliphatic hydroxyl groups is 2. The number of ether oxygens (including phenoxy) is 5. The maximum absolute atomic E-state index is 14.0. The molecule has 15 atom stereocenters. The van der Waals surface area contributed by atoms with Crippen molar-refractivity contribution in [1.82, 2.24) is 15.2 Å². The zero-order valence-electron chi connectivity index (χ0n) is 30.9. The van der Waals surface area contributed by atoms with Crippen molar-refractivity contribution >= 4 is 12.1 Å². The fourth-order valence-electron chi connectivity index (χ4n) is 8.31. The number of amides is 1. The highest BCUT2D eigenvalue weighted by Crippen LogP contribution is 2.45. The van der Waals surface area contributed by atoms with E-state index in [1.54, 1.807) is 39.1 Å². The van der Waals surface area contributed by atoms with Gasteiger partial charge in [-0.1, -0.05) is 33.8 Å². The second-order valence-corrected chi connectivity index (χ2v) is 15.3. The third kappa shape index (κ3) is 8.57. The number of aromatic nitrogens is 1. The van der Waals surface area contributed by atoms with Crippen molar-refractivity contribution in [2.75, 3.05) is 14.1 Å². The molecule has 13 nitrogen and oxygen atoms in total. The van der Waals surface area contributed by atoms with E-state index in [1.807, 2.05) is 59.7 Å². The van der Waals surface area contributed by atoms with Gasteiger partial charge in [0, 0.05) is 30.1 Å². The number of cyclic esters (lactones) is 1. The summed E-state index contributed by atoms with van der Waals surface area (Å²) >= 11 is 0. The van der Waals surface area contributed by atoms with Gasteiger partial charge in [0.05, 0.1) is 42.1 Å². The van der Waals surface area contributed by atoms with Crippen LogP contribution in [0.4, 0.5) is 4.79 Å². The second kappa shape index (κ2) is 15.9. The van der Waals surface area contributed by atoms with E-state index in [0.29, 0.717) is 18.5 Å². The summed E-state index contributed by atoms with van der Waals surface area (Å²) in [4.78, 5) is 33.6. The molecule has 1 aromatic rings. The number of nitrogens with one attached hydrogen (secondary N) is 1. The molecule has 1 aromatic heterocycles. The van der Waals surface area contributed by atoms with E-state index in [1.165, 1.54) is 0 Å². The van der Waals surface area contributed by atoms with Gasteiger partial charge in [0.25, 0.3) is 0 Å². The van der Waals surface area contributed by atoms with Crippen LogP contribution < -0.4 is 11.1 Å². The number of carbonyl (C=O) groups excluding carboxylic acids is 2. The van der Waals surface area contributed by atoms with Gasteiger partial charge in [0.2, 0.25) is 0 Å². The standard InChI is InChI=1S/C36H60N4O9/c1-11-26-36(8)30(37)21(4)28(49-36)19(2)17-35(7,44)31(48-33-27(41)25(40(9)10)16-20(3)45-33)22(5)29(23(6)32(42)46-26)47-34(43)39-18-24-14-12-13-15-38-24/h12-15,19-23,25-31,33,41,44H,11,16-18,37H2,1-10H3,(H,39,43)/t19-,20-,21+,22+,23-,25+,26-,27-,28+,29+,30+,31-,33?,35-,36?/m1/s1. The lowest BCUT2D eigenvalue weighted by Gasteiger charge is -2.47. The molecule has 3 saturated heterocycles. The first-order valence-corrected chi connectivity index (χ1v) is 17.8. The maximum Gasteiger partial charge on any atom is 0.407 e. The highest BCUT2D eigenvalue weighted by atomic mass is 16.7. The molecule has 3 fully saturated rings. The molecule has 0 aromatic carbocycles. The van der Waals surface area contributed by atoms with Crippen molar-refractivity contribution in [3.05, 3.63) is 30.1 Å². The summed E-state index contributed by atoms with van der Waals surface area (Å²) in [7, 11) is 3.77. The number of carbonyl (C=O) groups is 2. The van der Waals surface area contributed by atoms with Crippen LogP contribution in [0.2, 0.25) is 0 Å². The Balaban J connectivity index is 1.75. The lowest BCUT2D eigenvalue weighted by Crippen LogP contribution is -2.59. The van der Waals surface area contributed by atoms with Gasteiger partial charge in [0.15, 0.2) is 6.29 Å². The van der Waals surface area contributed by atoms with E-state index < -0.39 is 71.8 Å². The Morgan fingerprint density at radius 2 is 1.86 bits per heavy atom. The van der Waals surface area contributed by atoms with Crippen LogP contribution in [0, 0.1) is 23.7 Å². The van der Waals surface area contributed by atoms with Crippen LogP contribution in [0.1, 0.15) is 80.3 Å². The van der Waals surface area contributed by atoms with Gasteiger partial charge in [-0.05, 0) is 79.1 Å². The molecule has 49 heavy (non-hydrogen) atoms. The number of hydrogen-bond donors (Lipinski definition) is 4. The number of likely N-dealkylation sites (N-methyl/N-ethyl adjacent to an activating group) is 1. The van der Waals surface area contributed by atoms with Crippen molar-refractivity contribution in [2.45, 2.75) is 147 Å². The Labute approximate surface area is 291 Å². The summed E-state index contributed by atoms with van der Waals surface area (Å²) in [6, 6.07) is 4.64. The molecule has 0 aliphatic carbocycles. The summed E-state index contributed by atoms with van der Waals surface area (Å²) in [6.45, 7) is 14.9. The van der Waals surface area contributed by atoms with E-state index in [2.05, 4.69) is 10.3 Å². The number of esters is 1. The van der Waals surface area contributed by atoms with Crippen molar-refractivity contribution < 1.29 is 43.5 Å². The Morgan fingerprint density at radius 1 is 1.16 bits per heavy atom. The largest absolute Gasteiger partial charge is 0.459 e. The lowest BCUT2D eigenvalue weighted by atomic mass is 9.75. The van der Waals surface area contributed by atoms with Gasteiger partial charge in [-0.15, -0.1) is 0 Å². The van der Waals surface area contributed by atoms with E-state index in [9.17, 15) is 19.8 Å². The molecule has 5 N–H and O–H groups in total. The van der Waals surface area contributed by atoms with Crippen LogP contribution >= 0.6 is 0 Å². The first-order valence-electron chi connectivity index (χ1n) is 17.8. The van der Waals surface area contributed by atoms with Crippen molar-refractivity contribution in [3.63, 3.8) is 0 Å². The minimum atomic E-state index is -1.57. The zero-order chi connectivity index (χ0) is 36.4. The first-order chi connectivity index (χ1) is 22.9. The van der Waals surface area contributed by atoms with Gasteiger partial charge >= 0.3 is 12.1 Å². The van der Waals surface area contributed by atoms with Crippen molar-refractivity contribution in [1.29, 1.82) is 0 Å². The van der Waals surface area contributed by atoms with Gasteiger partial charge in [-0.3, -0.25) is 9.78 Å². The molecule has 2 unspecified atom stereocenters. The van der Waals surface area contributed by atoms with Crippen LogP contribution in [-0.2, 0) is 35.0 Å². The van der Waals surface area contributed by atoms with Gasteiger partial charge in [-0.2, -0.15) is 0 Å². The number of aliphatic hydroxyl groups excluding tert-OH is 1. The van der Waals surface area contributed by atoms with E-state index in [4.69, 9.17) is 29.4 Å². The summed E-state index contributed by atoms with van der Waals surface area (Å²) in [5.41, 5.74) is 4.87. The molecule has 0 radical (unpaired) electrons. The quantitative estimate of drug-likeness (QED) is 0.308. The topological polar surface area (TPSA) is 175 Å². The summed E-state index contributed by atoms with van der Waals surface area (Å²) in [5.74, 6) is -2.70. The van der Waals surface area contributed by atoms with E-state index in [-0.39, 0.29) is 43.1 Å². The summed E-state index contributed by atoms with van der Waals surface area (Å²) < 4.78 is 31.7. The highest BCUT2D eigenvalue weighted by molar-refractivity contribution is 5.74. The van der Waals surface area contributed by atoms with Crippen LogP contribution in [0.3, 0.4) is 0 Å². The molecule has 3 aliphatic rings. The fourth-order valence-corrected chi connectivity index (χ4v) is 8.31. The molecule has 1 amide bonds. The van der Waals surface area contributed by atoms with Crippen molar-refractivity contribution in [2.24, 2.45) is 29.4 Å². The second-order valence-electron chi connectivity index (χ2n) is 15.3. The normalized spacial score (nSPS) is 43.6. The van der Waals surface area contributed by atoms with E-state index in [0.717, 1.165) is 0 Å². The predicted molar refractivity (Wildman–Crippen MR) is 182 cm³/mol. The van der Waals surface area contributed by atoms with Crippen LogP contribution in [0.15, 0.2) is 24.4 Å². The van der Waals surface area contributed by atoms with Crippen LogP contribution in [-0.4, -0.2) is 112 Å². The molecule has 0 saturated carbocycles. The summed E-state index contributed by atoms with van der Waals surface area (Å²) in [5, 5.41) is 26.6. The maximum atomic E-state index is 14.0. The molecule has 2 bridgehead atoms. The Morgan fingerprint density at radius 3 is 2.47 bits per heavy atom. The highest BCUT2D eigenvalue weighted by Gasteiger charge is 2.57. The zero-order valence-corrected chi connectivity index (χ0v) is 30.9. The average Bonchev–Trinajstić information content (AvgIpc) is 3.29. The molecule has 13 heteroatoms. The first kappa shape index (κ1) is 39.4. The van der Waals surface area contributed by atoms with E-state index >= 15 is 0 Å². The van der Waals surface area contributed by atoms with Gasteiger partial charge in [0.1, 0.15) is 23.9 Å². The molecule has 4 heterocycles. The number of fused-ring (bicyclic) bond motifs is 2. The number of alkyl carbamates (subject to hydrolysis) is 1. The third-order valence-corrected chi connectivity index (χ3v) is 11.1. The molecule has 3 aliphatic heterocycles.